The number of aryl methyl sites for hydroxylation is 1. The summed E-state index contributed by atoms with van der Waals surface area (Å²) >= 11 is 0. The lowest BCUT2D eigenvalue weighted by molar-refractivity contribution is -0.117. The van der Waals surface area contributed by atoms with Gasteiger partial charge in [-0.3, -0.25) is 14.3 Å². The molecular formula is C22H27N3O4S. The van der Waals surface area contributed by atoms with Crippen molar-refractivity contribution in [2.75, 3.05) is 16.2 Å². The normalized spacial score (nSPS) is 15.2. The molecule has 0 radical (unpaired) electrons. The molecule has 160 valence electrons. The third-order valence-electron chi connectivity index (χ3n) is 5.25. The van der Waals surface area contributed by atoms with E-state index >= 15 is 0 Å². The maximum atomic E-state index is 13.0. The minimum atomic E-state index is -3.91. The van der Waals surface area contributed by atoms with Gasteiger partial charge in [-0.2, -0.15) is 0 Å². The second-order valence-corrected chi connectivity index (χ2v) is 9.21. The highest BCUT2D eigenvalue weighted by Gasteiger charge is 2.25. The number of nitrogens with zero attached hydrogens (tertiary/aromatic N) is 1. The predicted molar refractivity (Wildman–Crippen MR) is 117 cm³/mol. The molecule has 0 bridgehead atoms. The molecule has 1 saturated heterocycles. The predicted octanol–water partition coefficient (Wildman–Crippen LogP) is 3.45. The van der Waals surface area contributed by atoms with Crippen LogP contribution < -0.4 is 14.9 Å². The second kappa shape index (κ2) is 8.87. The van der Waals surface area contributed by atoms with E-state index in [1.54, 1.807) is 48.2 Å². The Bertz CT molecular complexity index is 1070. The van der Waals surface area contributed by atoms with Gasteiger partial charge in [0.2, 0.25) is 5.91 Å². The Kier molecular flexibility index (Phi) is 6.45. The number of hydrogen-bond acceptors (Lipinski definition) is 4. The molecule has 0 aromatic heterocycles. The molecule has 7 nitrogen and oxygen atoms in total. The molecule has 3 rings (SSSR count). The van der Waals surface area contributed by atoms with Gasteiger partial charge in [-0.25, -0.2) is 8.42 Å². The van der Waals surface area contributed by atoms with Gasteiger partial charge in [-0.05, 0) is 62.6 Å². The molecule has 1 aliphatic rings. The molecule has 30 heavy (non-hydrogen) atoms. The van der Waals surface area contributed by atoms with Crippen molar-refractivity contribution in [3.63, 3.8) is 0 Å². The van der Waals surface area contributed by atoms with Crippen LogP contribution in [0.3, 0.4) is 0 Å². The summed E-state index contributed by atoms with van der Waals surface area (Å²) in [7, 11) is -3.91. The third-order valence-corrected chi connectivity index (χ3v) is 6.61. The Hall–Kier alpha value is -2.87. The highest BCUT2D eigenvalue weighted by atomic mass is 32.2. The first-order valence-corrected chi connectivity index (χ1v) is 11.5. The quantitative estimate of drug-likeness (QED) is 0.705. The van der Waals surface area contributed by atoms with E-state index in [0.717, 1.165) is 18.5 Å². The lowest BCUT2D eigenvalue weighted by Crippen LogP contribution is -2.32. The Balaban J connectivity index is 1.86. The van der Waals surface area contributed by atoms with Gasteiger partial charge in [-0.1, -0.05) is 19.1 Å². The third kappa shape index (κ3) is 4.64. The van der Waals surface area contributed by atoms with Crippen LogP contribution in [0.5, 0.6) is 0 Å². The number of nitrogens with one attached hydrogen (secondary N) is 2. The number of carbonyl (C=O) groups is 2. The van der Waals surface area contributed by atoms with Crippen LogP contribution in [0.2, 0.25) is 0 Å². The average Bonchev–Trinajstić information content (AvgIpc) is 3.13. The lowest BCUT2D eigenvalue weighted by atomic mass is 10.1. The van der Waals surface area contributed by atoms with E-state index in [1.165, 1.54) is 6.07 Å². The number of benzene rings is 2. The molecule has 2 amide bonds. The molecule has 1 fully saturated rings. The first-order valence-electron chi connectivity index (χ1n) is 10.1. The number of hydrogen-bond donors (Lipinski definition) is 2. The molecule has 0 saturated carbocycles. The smallest absolute Gasteiger partial charge is 0.261 e. The van der Waals surface area contributed by atoms with Crippen molar-refractivity contribution in [2.24, 2.45) is 0 Å². The molecule has 1 aliphatic heterocycles. The van der Waals surface area contributed by atoms with Crippen LogP contribution in [0.1, 0.15) is 49.0 Å². The number of carbonyl (C=O) groups excluding carboxylic acids is 2. The van der Waals surface area contributed by atoms with Crippen LogP contribution in [-0.2, 0) is 14.8 Å². The van der Waals surface area contributed by atoms with Crippen LogP contribution in [0.25, 0.3) is 0 Å². The summed E-state index contributed by atoms with van der Waals surface area (Å²) in [4.78, 5) is 26.3. The van der Waals surface area contributed by atoms with Crippen molar-refractivity contribution in [3.05, 3.63) is 53.6 Å². The van der Waals surface area contributed by atoms with Crippen molar-refractivity contribution in [1.29, 1.82) is 0 Å². The van der Waals surface area contributed by atoms with Gasteiger partial charge >= 0.3 is 0 Å². The van der Waals surface area contributed by atoms with Crippen molar-refractivity contribution < 1.29 is 18.0 Å². The number of anilines is 2. The van der Waals surface area contributed by atoms with E-state index < -0.39 is 10.0 Å². The SMILES string of the molecule is CC[C@@H](C)NC(=O)c1ccccc1NS(=O)(=O)c1ccc(N2CCCC2=O)c(C)c1. The van der Waals surface area contributed by atoms with Crippen molar-refractivity contribution in [1.82, 2.24) is 5.32 Å². The van der Waals surface area contributed by atoms with Crippen LogP contribution in [0.4, 0.5) is 11.4 Å². The summed E-state index contributed by atoms with van der Waals surface area (Å²) in [5.41, 5.74) is 1.91. The Morgan fingerprint density at radius 2 is 1.93 bits per heavy atom. The highest BCUT2D eigenvalue weighted by Crippen LogP contribution is 2.28. The minimum Gasteiger partial charge on any atom is -0.350 e. The molecule has 8 heteroatoms. The standard InChI is InChI=1S/C22H27N3O4S/c1-4-16(3)23-22(27)18-8-5-6-9-19(18)24-30(28,29)17-11-12-20(15(2)14-17)25-13-7-10-21(25)26/h5-6,8-9,11-12,14,16,24H,4,7,10,13H2,1-3H3,(H,23,27)/t16-/m1/s1. The first-order chi connectivity index (χ1) is 14.2. The van der Waals surface area contributed by atoms with Gasteiger partial charge in [0.15, 0.2) is 0 Å². The van der Waals surface area contributed by atoms with Crippen molar-refractivity contribution in [3.8, 4) is 0 Å². The van der Waals surface area contributed by atoms with E-state index in [0.29, 0.717) is 18.5 Å². The summed E-state index contributed by atoms with van der Waals surface area (Å²) in [6, 6.07) is 11.2. The summed E-state index contributed by atoms with van der Waals surface area (Å²) in [5.74, 6) is -0.283. The molecule has 0 unspecified atom stereocenters. The van der Waals surface area contributed by atoms with Crippen molar-refractivity contribution >= 4 is 33.2 Å². The zero-order chi connectivity index (χ0) is 21.9. The molecule has 0 spiro atoms. The van der Waals surface area contributed by atoms with Crippen LogP contribution in [0.15, 0.2) is 47.4 Å². The monoisotopic (exact) mass is 429 g/mol. The topological polar surface area (TPSA) is 95.6 Å². The summed E-state index contributed by atoms with van der Waals surface area (Å²) < 4.78 is 28.5. The van der Waals surface area contributed by atoms with E-state index in [4.69, 9.17) is 0 Å². The fraction of sp³-hybridized carbons (Fsp3) is 0.364. The van der Waals surface area contributed by atoms with Gasteiger partial charge in [0.05, 0.1) is 16.1 Å². The fourth-order valence-corrected chi connectivity index (χ4v) is 4.54. The molecule has 0 aliphatic carbocycles. The minimum absolute atomic E-state index is 0.0225. The molecule has 1 heterocycles. The first kappa shape index (κ1) is 21.8. The number of para-hydroxylation sites is 1. The van der Waals surface area contributed by atoms with E-state index in [1.807, 2.05) is 13.8 Å². The zero-order valence-electron chi connectivity index (χ0n) is 17.4. The summed E-state index contributed by atoms with van der Waals surface area (Å²) in [6.45, 7) is 6.28. The van der Waals surface area contributed by atoms with E-state index in [9.17, 15) is 18.0 Å². The highest BCUT2D eigenvalue weighted by molar-refractivity contribution is 7.92. The number of sulfonamides is 1. The Labute approximate surface area is 177 Å². The summed E-state index contributed by atoms with van der Waals surface area (Å²) in [6.07, 6.45) is 2.08. The zero-order valence-corrected chi connectivity index (χ0v) is 18.3. The van der Waals surface area contributed by atoms with Crippen LogP contribution >= 0.6 is 0 Å². The van der Waals surface area contributed by atoms with Gasteiger partial charge < -0.3 is 10.2 Å². The maximum Gasteiger partial charge on any atom is 0.261 e. The Morgan fingerprint density at radius 1 is 1.20 bits per heavy atom. The largest absolute Gasteiger partial charge is 0.350 e. The number of amides is 2. The van der Waals surface area contributed by atoms with Gasteiger partial charge in [0, 0.05) is 24.7 Å². The molecule has 2 aromatic rings. The Morgan fingerprint density at radius 3 is 2.57 bits per heavy atom. The molecule has 2 aromatic carbocycles. The maximum absolute atomic E-state index is 13.0. The molecule has 2 N–H and O–H groups in total. The van der Waals surface area contributed by atoms with Gasteiger partial charge in [0.1, 0.15) is 0 Å². The average molecular weight is 430 g/mol. The summed E-state index contributed by atoms with van der Waals surface area (Å²) in [5, 5.41) is 2.85. The van der Waals surface area contributed by atoms with Crippen LogP contribution in [-0.4, -0.2) is 32.8 Å². The molecular weight excluding hydrogens is 402 g/mol. The van der Waals surface area contributed by atoms with Gasteiger partial charge in [0.25, 0.3) is 15.9 Å². The van der Waals surface area contributed by atoms with E-state index in [-0.39, 0.29) is 34.0 Å². The molecule has 1 atom stereocenters. The van der Waals surface area contributed by atoms with Gasteiger partial charge in [-0.15, -0.1) is 0 Å². The van der Waals surface area contributed by atoms with Crippen molar-refractivity contribution in [2.45, 2.75) is 51.0 Å². The van der Waals surface area contributed by atoms with E-state index in [2.05, 4.69) is 10.0 Å². The second-order valence-electron chi connectivity index (χ2n) is 7.53. The fourth-order valence-electron chi connectivity index (χ4n) is 3.38. The number of rotatable bonds is 7. The van der Waals surface area contributed by atoms with Crippen LogP contribution in [0, 0.1) is 6.92 Å². The lowest BCUT2D eigenvalue weighted by Gasteiger charge is -2.19.